The van der Waals surface area contributed by atoms with Crippen molar-refractivity contribution in [1.82, 2.24) is 10.1 Å². The van der Waals surface area contributed by atoms with Crippen LogP contribution in [0.3, 0.4) is 0 Å². The smallest absolute Gasteiger partial charge is 0.361 e. The van der Waals surface area contributed by atoms with Crippen LogP contribution in [-0.2, 0) is 4.74 Å². The van der Waals surface area contributed by atoms with Crippen molar-refractivity contribution in [2.45, 2.75) is 13.8 Å². The summed E-state index contributed by atoms with van der Waals surface area (Å²) in [6, 6.07) is 0. The summed E-state index contributed by atoms with van der Waals surface area (Å²) in [5.74, 6) is -0.701. The van der Waals surface area contributed by atoms with Crippen LogP contribution >= 0.6 is 0 Å². The molecule has 0 aliphatic heterocycles. The Bertz CT molecular complexity index is 474. The number of carbonyl (C=O) groups excluding carboxylic acids is 2. The van der Waals surface area contributed by atoms with Crippen molar-refractivity contribution in [3.63, 3.8) is 0 Å². The van der Waals surface area contributed by atoms with E-state index in [0.717, 1.165) is 0 Å². The Morgan fingerprint density at radius 2 is 2.11 bits per heavy atom. The van der Waals surface area contributed by atoms with Crippen molar-refractivity contribution >= 4 is 11.8 Å². The number of carbonyl (C=O) groups is 2. The van der Waals surface area contributed by atoms with Gasteiger partial charge in [0, 0.05) is 26.4 Å². The molecule has 1 rings (SSSR count). The molecule has 0 aromatic carbocycles. The van der Waals surface area contributed by atoms with E-state index in [1.165, 1.54) is 6.08 Å². The van der Waals surface area contributed by atoms with Gasteiger partial charge in [0.1, 0.15) is 5.76 Å². The molecule has 0 fully saturated rings. The first-order chi connectivity index (χ1) is 8.47. The number of aromatic nitrogens is 1. The highest BCUT2D eigenvalue weighted by atomic mass is 16.5. The van der Waals surface area contributed by atoms with E-state index in [2.05, 4.69) is 5.16 Å². The van der Waals surface area contributed by atoms with Gasteiger partial charge in [-0.15, -0.1) is 0 Å². The molecule has 0 saturated carbocycles. The molecule has 1 aromatic heterocycles. The Labute approximate surface area is 105 Å². The average Bonchev–Trinajstić information content (AvgIpc) is 2.68. The fourth-order valence-electron chi connectivity index (χ4n) is 1.30. The summed E-state index contributed by atoms with van der Waals surface area (Å²) in [4.78, 5) is 25.2. The van der Waals surface area contributed by atoms with Gasteiger partial charge in [0.25, 0.3) is 0 Å². The van der Waals surface area contributed by atoms with Crippen LogP contribution in [0.2, 0.25) is 0 Å². The third-order valence-electron chi connectivity index (χ3n) is 2.10. The molecule has 0 spiro atoms. The summed E-state index contributed by atoms with van der Waals surface area (Å²) >= 11 is 0. The number of rotatable bonds is 5. The topological polar surface area (TPSA) is 72.6 Å². The predicted octanol–water partition coefficient (Wildman–Crippen LogP) is 1.42. The maximum absolute atomic E-state index is 11.9. The minimum atomic E-state index is -0.657. The lowest BCUT2D eigenvalue weighted by molar-refractivity contribution is 0.0512. The fourth-order valence-corrected chi connectivity index (χ4v) is 1.30. The molecule has 0 radical (unpaired) electrons. The predicted molar refractivity (Wildman–Crippen MR) is 64.4 cm³/mol. The summed E-state index contributed by atoms with van der Waals surface area (Å²) in [5, 5.41) is 3.56. The van der Waals surface area contributed by atoms with Gasteiger partial charge in [0.05, 0.1) is 12.2 Å². The zero-order chi connectivity index (χ0) is 13.7. The lowest BCUT2D eigenvalue weighted by atomic mass is 10.1. The van der Waals surface area contributed by atoms with E-state index in [9.17, 15) is 9.59 Å². The van der Waals surface area contributed by atoms with Crippen LogP contribution in [0.15, 0.2) is 16.8 Å². The number of esters is 1. The molecule has 1 aromatic rings. The number of nitrogens with zero attached hydrogens (tertiary/aromatic N) is 2. The molecule has 0 aliphatic carbocycles. The fraction of sp³-hybridized carbons (Fsp3) is 0.417. The van der Waals surface area contributed by atoms with Crippen molar-refractivity contribution < 1.29 is 18.8 Å². The SMILES string of the molecule is CCOC(=O)c1noc(C)c1C(=O)C=CN(C)C. The number of ketones is 1. The van der Waals surface area contributed by atoms with E-state index in [1.54, 1.807) is 39.0 Å². The minimum absolute atomic E-state index is 0.0808. The first kappa shape index (κ1) is 14.0. The number of allylic oxidation sites excluding steroid dienone is 1. The third kappa shape index (κ3) is 3.19. The van der Waals surface area contributed by atoms with Gasteiger partial charge >= 0.3 is 5.97 Å². The zero-order valence-corrected chi connectivity index (χ0v) is 10.9. The van der Waals surface area contributed by atoms with Gasteiger partial charge in [-0.05, 0) is 13.8 Å². The summed E-state index contributed by atoms with van der Waals surface area (Å²) in [6.07, 6.45) is 2.94. The van der Waals surface area contributed by atoms with Gasteiger partial charge in [-0.2, -0.15) is 0 Å². The van der Waals surface area contributed by atoms with Crippen molar-refractivity contribution in [2.24, 2.45) is 0 Å². The quantitative estimate of drug-likeness (QED) is 0.448. The summed E-state index contributed by atoms with van der Waals surface area (Å²) < 4.78 is 9.68. The van der Waals surface area contributed by atoms with E-state index in [-0.39, 0.29) is 23.6 Å². The molecule has 0 aliphatic rings. The van der Waals surface area contributed by atoms with Gasteiger partial charge in [0.2, 0.25) is 5.69 Å². The van der Waals surface area contributed by atoms with Gasteiger partial charge in [-0.3, -0.25) is 4.79 Å². The standard InChI is InChI=1S/C12H16N2O4/c1-5-17-12(16)11-10(8(2)18-13-11)9(15)6-7-14(3)4/h6-7H,5H2,1-4H3. The van der Waals surface area contributed by atoms with Crippen LogP contribution in [0.4, 0.5) is 0 Å². The van der Waals surface area contributed by atoms with E-state index in [0.29, 0.717) is 5.76 Å². The van der Waals surface area contributed by atoms with Crippen LogP contribution in [0.5, 0.6) is 0 Å². The second-order valence-corrected chi connectivity index (χ2v) is 3.83. The van der Waals surface area contributed by atoms with Crippen molar-refractivity contribution in [2.75, 3.05) is 20.7 Å². The van der Waals surface area contributed by atoms with E-state index < -0.39 is 5.97 Å². The molecule has 0 amide bonds. The average molecular weight is 252 g/mol. The highest BCUT2D eigenvalue weighted by Crippen LogP contribution is 2.15. The van der Waals surface area contributed by atoms with Crippen LogP contribution in [0.25, 0.3) is 0 Å². The molecule has 0 atom stereocenters. The molecule has 98 valence electrons. The van der Waals surface area contributed by atoms with Gasteiger partial charge in [-0.1, -0.05) is 5.16 Å². The van der Waals surface area contributed by atoms with E-state index in [1.807, 2.05) is 0 Å². The Hall–Kier alpha value is -2.11. The van der Waals surface area contributed by atoms with Crippen LogP contribution in [0.1, 0.15) is 33.5 Å². The van der Waals surface area contributed by atoms with E-state index >= 15 is 0 Å². The summed E-state index contributed by atoms with van der Waals surface area (Å²) in [7, 11) is 3.58. The van der Waals surface area contributed by atoms with Gasteiger partial charge in [-0.25, -0.2) is 4.79 Å². The van der Waals surface area contributed by atoms with Crippen molar-refractivity contribution in [3.8, 4) is 0 Å². The molecule has 18 heavy (non-hydrogen) atoms. The van der Waals surface area contributed by atoms with Gasteiger partial charge < -0.3 is 14.2 Å². The number of hydrogen-bond donors (Lipinski definition) is 0. The normalized spacial score (nSPS) is 10.7. The second kappa shape index (κ2) is 6.00. The largest absolute Gasteiger partial charge is 0.461 e. The monoisotopic (exact) mass is 252 g/mol. The molecule has 0 N–H and O–H groups in total. The molecule has 1 heterocycles. The maximum Gasteiger partial charge on any atom is 0.361 e. The molecular weight excluding hydrogens is 236 g/mol. The Morgan fingerprint density at radius 3 is 2.67 bits per heavy atom. The Balaban J connectivity index is 3.04. The molecule has 6 nitrogen and oxygen atoms in total. The molecule has 0 unspecified atom stereocenters. The Kier molecular flexibility index (Phi) is 4.65. The first-order valence-corrected chi connectivity index (χ1v) is 5.49. The van der Waals surface area contributed by atoms with Crippen LogP contribution in [-0.4, -0.2) is 42.5 Å². The lowest BCUT2D eigenvalue weighted by Crippen LogP contribution is -2.11. The molecule has 0 saturated heterocycles. The minimum Gasteiger partial charge on any atom is -0.461 e. The number of hydrogen-bond acceptors (Lipinski definition) is 6. The molecule has 0 bridgehead atoms. The first-order valence-electron chi connectivity index (χ1n) is 5.49. The van der Waals surface area contributed by atoms with Crippen molar-refractivity contribution in [1.29, 1.82) is 0 Å². The summed E-state index contributed by atoms with van der Waals surface area (Å²) in [6.45, 7) is 3.47. The number of aryl methyl sites for hydroxylation is 1. The highest BCUT2D eigenvalue weighted by Gasteiger charge is 2.24. The van der Waals surface area contributed by atoms with Gasteiger partial charge in [0.15, 0.2) is 5.78 Å². The van der Waals surface area contributed by atoms with Crippen molar-refractivity contribution in [3.05, 3.63) is 29.3 Å². The molecular formula is C12H16N2O4. The molecule has 6 heteroatoms. The number of ether oxygens (including phenoxy) is 1. The summed E-state index contributed by atoms with van der Waals surface area (Å²) in [5.41, 5.74) is 0.0642. The lowest BCUT2D eigenvalue weighted by Gasteiger charge is -2.03. The zero-order valence-electron chi connectivity index (χ0n) is 10.9. The van der Waals surface area contributed by atoms with E-state index in [4.69, 9.17) is 9.26 Å². The third-order valence-corrected chi connectivity index (χ3v) is 2.10. The maximum atomic E-state index is 11.9. The van der Waals surface area contributed by atoms with Crippen LogP contribution < -0.4 is 0 Å². The Morgan fingerprint density at radius 1 is 1.44 bits per heavy atom. The second-order valence-electron chi connectivity index (χ2n) is 3.83. The van der Waals surface area contributed by atoms with Crippen LogP contribution in [0, 0.1) is 6.92 Å². The highest BCUT2D eigenvalue weighted by molar-refractivity contribution is 6.11.